The molecule has 0 aromatic rings. The third kappa shape index (κ3) is 11.3. The Balaban J connectivity index is 4.93. The minimum absolute atomic E-state index is 0.114. The minimum Gasteiger partial charge on any atom is -0.480 e. The van der Waals surface area contributed by atoms with E-state index in [1.54, 1.807) is 0 Å². The average molecular weight is 449 g/mol. The van der Waals surface area contributed by atoms with Crippen molar-refractivity contribution in [2.75, 3.05) is 18.8 Å². The van der Waals surface area contributed by atoms with Gasteiger partial charge in [0.05, 0.1) is 6.04 Å². The van der Waals surface area contributed by atoms with Gasteiger partial charge in [0.2, 0.25) is 17.7 Å². The molecule has 0 saturated carbocycles. The monoisotopic (exact) mass is 448 g/mol. The van der Waals surface area contributed by atoms with Crippen LogP contribution in [0.2, 0.25) is 0 Å². The summed E-state index contributed by atoms with van der Waals surface area (Å²) >= 11 is 3.97. The van der Waals surface area contributed by atoms with Gasteiger partial charge in [-0.15, -0.1) is 0 Å². The van der Waals surface area contributed by atoms with Crippen LogP contribution in [0.1, 0.15) is 45.4 Å². The molecule has 0 aromatic heterocycles. The fourth-order valence-electron chi connectivity index (χ4n) is 2.55. The van der Waals surface area contributed by atoms with Crippen LogP contribution in [0, 0.1) is 0 Å². The maximum atomic E-state index is 12.6. The second kappa shape index (κ2) is 15.9. The molecule has 0 bridgehead atoms. The summed E-state index contributed by atoms with van der Waals surface area (Å²) in [6.07, 6.45) is 3.00. The number of hydrogen-bond donors (Lipinski definition) is 8. The summed E-state index contributed by atoms with van der Waals surface area (Å²) in [4.78, 5) is 48.3. The molecule has 0 heterocycles. The predicted molar refractivity (Wildman–Crippen MR) is 117 cm³/mol. The second-order valence-corrected chi connectivity index (χ2v) is 7.41. The van der Waals surface area contributed by atoms with Crippen LogP contribution < -0.4 is 33.2 Å². The molecule has 0 saturated heterocycles. The number of unbranched alkanes of at least 4 members (excludes halogenated alkanes) is 2. The highest BCUT2D eigenvalue weighted by Gasteiger charge is 2.27. The number of carbonyl (C=O) groups is 4. The van der Waals surface area contributed by atoms with E-state index in [0.717, 1.165) is 0 Å². The van der Waals surface area contributed by atoms with E-state index in [0.29, 0.717) is 45.2 Å². The molecule has 4 atom stereocenters. The number of amides is 3. The molecule has 0 aromatic carbocycles. The van der Waals surface area contributed by atoms with Crippen molar-refractivity contribution in [2.45, 2.75) is 69.6 Å². The smallest absolute Gasteiger partial charge is 0.326 e. The number of carbonyl (C=O) groups excluding carboxylic acids is 3. The van der Waals surface area contributed by atoms with E-state index < -0.39 is 47.9 Å². The highest BCUT2D eigenvalue weighted by molar-refractivity contribution is 7.80. The van der Waals surface area contributed by atoms with Gasteiger partial charge in [-0.1, -0.05) is 0 Å². The first kappa shape index (κ1) is 28.1. The zero-order valence-corrected chi connectivity index (χ0v) is 18.3. The van der Waals surface area contributed by atoms with Crippen LogP contribution in [0.5, 0.6) is 0 Å². The molecule has 0 aliphatic rings. The fraction of sp³-hybridized carbons (Fsp3) is 0.778. The third-order valence-electron chi connectivity index (χ3n) is 4.43. The number of hydrogen-bond acceptors (Lipinski definition) is 8. The van der Waals surface area contributed by atoms with Crippen molar-refractivity contribution >= 4 is 36.3 Å². The fourth-order valence-corrected chi connectivity index (χ4v) is 2.72. The van der Waals surface area contributed by atoms with Crippen molar-refractivity contribution in [1.29, 1.82) is 0 Å². The Morgan fingerprint density at radius 2 is 1.33 bits per heavy atom. The van der Waals surface area contributed by atoms with E-state index in [1.165, 1.54) is 6.92 Å². The molecule has 0 rings (SSSR count). The lowest BCUT2D eigenvalue weighted by molar-refractivity contribution is -0.142. The van der Waals surface area contributed by atoms with Crippen LogP contribution in [0.3, 0.4) is 0 Å². The van der Waals surface area contributed by atoms with Gasteiger partial charge in [-0.05, 0) is 58.5 Å². The maximum Gasteiger partial charge on any atom is 0.326 e. The summed E-state index contributed by atoms with van der Waals surface area (Å²) in [5.74, 6) is -2.78. The predicted octanol–water partition coefficient (Wildman–Crippen LogP) is -1.94. The first-order valence-electron chi connectivity index (χ1n) is 10.1. The molecule has 10 N–H and O–H groups in total. The number of rotatable bonds is 16. The largest absolute Gasteiger partial charge is 0.480 e. The Kier molecular flexibility index (Phi) is 14.9. The van der Waals surface area contributed by atoms with E-state index >= 15 is 0 Å². The lowest BCUT2D eigenvalue weighted by Gasteiger charge is -2.23. The quantitative estimate of drug-likeness (QED) is 0.0983. The number of nitrogens with one attached hydrogen (secondary N) is 3. The molecular formula is C18H36N6O5S. The second-order valence-electron chi connectivity index (χ2n) is 7.05. The molecular weight excluding hydrogens is 412 g/mol. The Labute approximate surface area is 182 Å². The van der Waals surface area contributed by atoms with E-state index in [1.807, 2.05) is 0 Å². The SMILES string of the molecule is CC(NC(=O)C(CCCCN)NC(=O)C(N)CS)C(=O)NC(CCCCN)C(=O)O. The van der Waals surface area contributed by atoms with E-state index in [-0.39, 0.29) is 12.2 Å². The summed E-state index contributed by atoms with van der Waals surface area (Å²) < 4.78 is 0. The van der Waals surface area contributed by atoms with Gasteiger partial charge in [-0.2, -0.15) is 12.6 Å². The molecule has 0 spiro atoms. The number of nitrogens with two attached hydrogens (primary N) is 3. The van der Waals surface area contributed by atoms with Crippen molar-refractivity contribution in [3.63, 3.8) is 0 Å². The standard InChI is InChI=1S/C18H36N6O5S/c1-11(15(25)24-14(18(28)29)7-3-5-9-20)22-17(27)13(6-2-4-8-19)23-16(26)12(21)10-30/h11-14,30H,2-10,19-21H2,1H3,(H,22,27)(H,23,26)(H,24,25)(H,28,29). The van der Waals surface area contributed by atoms with Crippen LogP contribution >= 0.6 is 12.6 Å². The van der Waals surface area contributed by atoms with Gasteiger partial charge in [-0.25, -0.2) is 4.79 Å². The normalized spacial score (nSPS) is 14.8. The lowest BCUT2D eigenvalue weighted by atomic mass is 10.1. The van der Waals surface area contributed by atoms with Gasteiger partial charge in [0.15, 0.2) is 0 Å². The molecule has 11 nitrogen and oxygen atoms in total. The van der Waals surface area contributed by atoms with Gasteiger partial charge in [0.25, 0.3) is 0 Å². The summed E-state index contributed by atoms with van der Waals surface area (Å²) in [5, 5.41) is 16.7. The number of carboxylic acids is 1. The van der Waals surface area contributed by atoms with Gasteiger partial charge in [0, 0.05) is 5.75 Å². The van der Waals surface area contributed by atoms with Gasteiger partial charge in [-0.3, -0.25) is 14.4 Å². The van der Waals surface area contributed by atoms with Crippen LogP contribution in [0.15, 0.2) is 0 Å². The van der Waals surface area contributed by atoms with Gasteiger partial charge in [0.1, 0.15) is 18.1 Å². The Morgan fingerprint density at radius 3 is 1.80 bits per heavy atom. The highest BCUT2D eigenvalue weighted by atomic mass is 32.1. The van der Waals surface area contributed by atoms with Crippen molar-refractivity contribution < 1.29 is 24.3 Å². The molecule has 30 heavy (non-hydrogen) atoms. The summed E-state index contributed by atoms with van der Waals surface area (Å²) in [6, 6.07) is -3.84. The van der Waals surface area contributed by atoms with Crippen LogP contribution in [-0.2, 0) is 19.2 Å². The molecule has 3 amide bonds. The molecule has 0 fully saturated rings. The zero-order valence-electron chi connectivity index (χ0n) is 17.4. The lowest BCUT2D eigenvalue weighted by Crippen LogP contribution is -2.56. The molecule has 4 unspecified atom stereocenters. The van der Waals surface area contributed by atoms with E-state index in [9.17, 15) is 24.3 Å². The number of carboxylic acid groups (broad SMARTS) is 1. The van der Waals surface area contributed by atoms with Crippen molar-refractivity contribution in [1.82, 2.24) is 16.0 Å². The average Bonchev–Trinajstić information content (AvgIpc) is 2.71. The Hall–Kier alpha value is -1.89. The van der Waals surface area contributed by atoms with Crippen LogP contribution in [0.25, 0.3) is 0 Å². The summed E-state index contributed by atoms with van der Waals surface area (Å²) in [7, 11) is 0. The van der Waals surface area contributed by atoms with Crippen molar-refractivity contribution in [3.05, 3.63) is 0 Å². The third-order valence-corrected chi connectivity index (χ3v) is 4.82. The van der Waals surface area contributed by atoms with Crippen LogP contribution in [-0.4, -0.2) is 71.8 Å². The summed E-state index contributed by atoms with van der Waals surface area (Å²) in [5.41, 5.74) is 16.5. The topological polar surface area (TPSA) is 203 Å². The Bertz CT molecular complexity index is 565. The number of aliphatic carboxylic acids is 1. The summed E-state index contributed by atoms with van der Waals surface area (Å²) in [6.45, 7) is 2.31. The first-order valence-corrected chi connectivity index (χ1v) is 10.7. The highest BCUT2D eigenvalue weighted by Crippen LogP contribution is 2.04. The van der Waals surface area contributed by atoms with Crippen molar-refractivity contribution in [2.24, 2.45) is 17.2 Å². The first-order chi connectivity index (χ1) is 14.2. The van der Waals surface area contributed by atoms with Crippen molar-refractivity contribution in [3.8, 4) is 0 Å². The molecule has 12 heteroatoms. The minimum atomic E-state index is -1.16. The van der Waals surface area contributed by atoms with E-state index in [2.05, 4.69) is 28.6 Å². The molecule has 0 aliphatic heterocycles. The zero-order chi connectivity index (χ0) is 23.1. The van der Waals surface area contributed by atoms with Crippen LogP contribution in [0.4, 0.5) is 0 Å². The van der Waals surface area contributed by atoms with Gasteiger partial charge < -0.3 is 38.3 Å². The molecule has 174 valence electrons. The molecule has 0 radical (unpaired) electrons. The maximum absolute atomic E-state index is 12.6. The number of thiol groups is 1. The molecule has 0 aliphatic carbocycles. The van der Waals surface area contributed by atoms with E-state index in [4.69, 9.17) is 17.2 Å². The van der Waals surface area contributed by atoms with Gasteiger partial charge >= 0.3 is 5.97 Å². The Morgan fingerprint density at radius 1 is 0.833 bits per heavy atom.